The van der Waals surface area contributed by atoms with Gasteiger partial charge in [0.15, 0.2) is 0 Å². The quantitative estimate of drug-likeness (QED) is 0.781. The number of thiophene rings is 1. The van der Waals surface area contributed by atoms with Crippen LogP contribution in [-0.4, -0.2) is 11.1 Å². The fourth-order valence-electron chi connectivity index (χ4n) is 0.842. The van der Waals surface area contributed by atoms with Crippen molar-refractivity contribution in [1.29, 1.82) is 0 Å². The van der Waals surface area contributed by atoms with Crippen LogP contribution in [0.15, 0.2) is 17.5 Å². The van der Waals surface area contributed by atoms with Gasteiger partial charge in [-0.2, -0.15) is 13.2 Å². The molecule has 14 heavy (non-hydrogen) atoms. The Morgan fingerprint density at radius 2 is 2.14 bits per heavy atom. The van der Waals surface area contributed by atoms with Crippen molar-refractivity contribution in [3.8, 4) is 0 Å². The Labute approximate surface area is 81.3 Å². The Bertz CT molecular complexity index is 365. The van der Waals surface area contributed by atoms with Gasteiger partial charge in [-0.15, -0.1) is 11.3 Å². The van der Waals surface area contributed by atoms with Crippen LogP contribution >= 0.6 is 11.3 Å². The Hall–Kier alpha value is -1.30. The van der Waals surface area contributed by atoms with E-state index in [4.69, 9.17) is 5.11 Å². The number of halogens is 3. The molecular weight excluding hydrogens is 217 g/mol. The number of alkyl halides is 3. The van der Waals surface area contributed by atoms with Crippen LogP contribution in [-0.2, 0) is 11.0 Å². The van der Waals surface area contributed by atoms with Gasteiger partial charge in [0, 0.05) is 6.08 Å². The van der Waals surface area contributed by atoms with E-state index in [0.29, 0.717) is 17.4 Å². The second-order valence-corrected chi connectivity index (χ2v) is 3.29. The average Bonchev–Trinajstić information content (AvgIpc) is 2.46. The molecule has 6 heteroatoms. The van der Waals surface area contributed by atoms with Gasteiger partial charge < -0.3 is 5.11 Å². The molecule has 0 unspecified atom stereocenters. The Kier molecular flexibility index (Phi) is 2.95. The minimum atomic E-state index is -4.42. The topological polar surface area (TPSA) is 37.3 Å². The molecule has 0 saturated heterocycles. The van der Waals surface area contributed by atoms with E-state index in [0.717, 1.165) is 6.08 Å². The third-order valence-electron chi connectivity index (χ3n) is 1.36. The zero-order valence-corrected chi connectivity index (χ0v) is 7.52. The third-order valence-corrected chi connectivity index (χ3v) is 2.33. The number of rotatable bonds is 2. The minimum Gasteiger partial charge on any atom is -0.478 e. The van der Waals surface area contributed by atoms with E-state index < -0.39 is 17.0 Å². The summed E-state index contributed by atoms with van der Waals surface area (Å²) in [6.45, 7) is 0. The van der Waals surface area contributed by atoms with E-state index in [1.54, 1.807) is 0 Å². The van der Waals surface area contributed by atoms with Crippen LogP contribution in [0.2, 0.25) is 0 Å². The van der Waals surface area contributed by atoms with Crippen molar-refractivity contribution in [2.24, 2.45) is 0 Å². The summed E-state index contributed by atoms with van der Waals surface area (Å²) >= 11 is 0.539. The number of hydrogen-bond donors (Lipinski definition) is 1. The first-order valence-electron chi connectivity index (χ1n) is 3.47. The lowest BCUT2D eigenvalue weighted by molar-refractivity contribution is -0.134. The normalized spacial score (nSPS) is 12.2. The molecule has 0 atom stereocenters. The zero-order valence-electron chi connectivity index (χ0n) is 6.71. The zero-order chi connectivity index (χ0) is 10.8. The Morgan fingerprint density at radius 3 is 2.64 bits per heavy atom. The van der Waals surface area contributed by atoms with Gasteiger partial charge in [-0.25, -0.2) is 4.79 Å². The highest BCUT2D eigenvalue weighted by molar-refractivity contribution is 7.10. The third kappa shape index (κ3) is 2.59. The Morgan fingerprint density at radius 1 is 1.50 bits per heavy atom. The number of carboxylic acid groups (broad SMARTS) is 1. The smallest absolute Gasteiger partial charge is 0.426 e. The summed E-state index contributed by atoms with van der Waals surface area (Å²) in [5.74, 6) is -1.27. The monoisotopic (exact) mass is 222 g/mol. The van der Waals surface area contributed by atoms with Crippen LogP contribution in [0.5, 0.6) is 0 Å². The maximum atomic E-state index is 12.2. The van der Waals surface area contributed by atoms with Gasteiger partial charge in [-0.3, -0.25) is 0 Å². The molecular formula is C8H5F3O2S. The molecule has 0 aliphatic carbocycles. The molecule has 0 saturated carbocycles. The number of hydrogen-bond acceptors (Lipinski definition) is 2. The molecule has 0 aliphatic heterocycles. The summed E-state index contributed by atoms with van der Waals surface area (Å²) in [6.07, 6.45) is -2.81. The number of carbonyl (C=O) groups is 1. The molecule has 2 nitrogen and oxygen atoms in total. The molecule has 0 radical (unpaired) electrons. The lowest BCUT2D eigenvalue weighted by Gasteiger charge is -2.03. The van der Waals surface area contributed by atoms with Crippen LogP contribution in [0, 0.1) is 0 Å². The molecule has 1 rings (SSSR count). The largest absolute Gasteiger partial charge is 0.478 e. The summed E-state index contributed by atoms with van der Waals surface area (Å²) < 4.78 is 36.7. The van der Waals surface area contributed by atoms with Crippen molar-refractivity contribution in [3.63, 3.8) is 0 Å². The highest BCUT2D eigenvalue weighted by Gasteiger charge is 2.34. The highest BCUT2D eigenvalue weighted by Crippen LogP contribution is 2.36. The van der Waals surface area contributed by atoms with Gasteiger partial charge in [-0.1, -0.05) is 0 Å². The van der Waals surface area contributed by atoms with E-state index in [1.807, 2.05) is 0 Å². The molecule has 1 aromatic rings. The van der Waals surface area contributed by atoms with Gasteiger partial charge in [-0.05, 0) is 23.1 Å². The SMILES string of the molecule is O=C(O)/C=C/c1ccsc1C(F)(F)F. The molecule has 76 valence electrons. The molecule has 0 aliphatic rings. The summed E-state index contributed by atoms with van der Waals surface area (Å²) in [7, 11) is 0. The highest BCUT2D eigenvalue weighted by atomic mass is 32.1. The van der Waals surface area contributed by atoms with Gasteiger partial charge in [0.2, 0.25) is 0 Å². The van der Waals surface area contributed by atoms with Gasteiger partial charge in [0.25, 0.3) is 0 Å². The molecule has 0 amide bonds. The van der Waals surface area contributed by atoms with Crippen molar-refractivity contribution in [2.75, 3.05) is 0 Å². The summed E-state index contributed by atoms with van der Waals surface area (Å²) in [6, 6.07) is 1.23. The molecule has 0 spiro atoms. The van der Waals surface area contributed by atoms with Crippen molar-refractivity contribution in [1.82, 2.24) is 0 Å². The average molecular weight is 222 g/mol. The van der Waals surface area contributed by atoms with Crippen LogP contribution in [0.1, 0.15) is 10.4 Å². The lowest BCUT2D eigenvalue weighted by Crippen LogP contribution is -2.03. The van der Waals surface area contributed by atoms with E-state index >= 15 is 0 Å². The fourth-order valence-corrected chi connectivity index (χ4v) is 1.60. The van der Waals surface area contributed by atoms with Crippen LogP contribution < -0.4 is 0 Å². The molecule has 0 fully saturated rings. The first-order chi connectivity index (χ1) is 6.41. The summed E-state index contributed by atoms with van der Waals surface area (Å²) in [5.41, 5.74) is -0.120. The van der Waals surface area contributed by atoms with Gasteiger partial charge in [0.1, 0.15) is 4.88 Å². The fraction of sp³-hybridized carbons (Fsp3) is 0.125. The van der Waals surface area contributed by atoms with Crippen LogP contribution in [0.3, 0.4) is 0 Å². The minimum absolute atomic E-state index is 0.120. The van der Waals surface area contributed by atoms with E-state index in [9.17, 15) is 18.0 Å². The standard InChI is InChI=1S/C8H5F3O2S/c9-8(10,11)7-5(3-4-14-7)1-2-6(12)13/h1-4H,(H,12,13)/b2-1+. The second-order valence-electron chi connectivity index (χ2n) is 2.37. The molecule has 0 aromatic carbocycles. The summed E-state index contributed by atoms with van der Waals surface area (Å²) in [5, 5.41) is 9.51. The van der Waals surface area contributed by atoms with E-state index in [2.05, 4.69) is 0 Å². The first-order valence-corrected chi connectivity index (χ1v) is 4.35. The maximum Gasteiger partial charge on any atom is 0.426 e. The lowest BCUT2D eigenvalue weighted by atomic mass is 10.2. The molecule has 1 aromatic heterocycles. The van der Waals surface area contributed by atoms with Crippen molar-refractivity contribution in [3.05, 3.63) is 28.0 Å². The first kappa shape index (κ1) is 10.8. The summed E-state index contributed by atoms with van der Waals surface area (Å²) in [4.78, 5) is 9.31. The maximum absolute atomic E-state index is 12.2. The number of carboxylic acids is 1. The second kappa shape index (κ2) is 3.83. The van der Waals surface area contributed by atoms with Crippen molar-refractivity contribution >= 4 is 23.4 Å². The van der Waals surface area contributed by atoms with Crippen LogP contribution in [0.25, 0.3) is 6.08 Å². The van der Waals surface area contributed by atoms with Gasteiger partial charge >= 0.3 is 12.1 Å². The van der Waals surface area contributed by atoms with E-state index in [-0.39, 0.29) is 5.56 Å². The van der Waals surface area contributed by atoms with Crippen LogP contribution in [0.4, 0.5) is 13.2 Å². The predicted octanol–water partition coefficient (Wildman–Crippen LogP) is 2.86. The molecule has 1 N–H and O–H groups in total. The van der Waals surface area contributed by atoms with Crippen molar-refractivity contribution in [2.45, 2.75) is 6.18 Å². The number of aliphatic carboxylic acids is 1. The van der Waals surface area contributed by atoms with Crippen molar-refractivity contribution < 1.29 is 23.1 Å². The Balaban J connectivity index is 3.00. The molecule has 1 heterocycles. The van der Waals surface area contributed by atoms with E-state index in [1.165, 1.54) is 11.4 Å². The predicted molar refractivity (Wildman–Crippen MR) is 46.0 cm³/mol. The molecule has 0 bridgehead atoms. The van der Waals surface area contributed by atoms with Gasteiger partial charge in [0.05, 0.1) is 0 Å².